The van der Waals surface area contributed by atoms with Crippen molar-refractivity contribution in [3.63, 3.8) is 0 Å². The lowest BCUT2D eigenvalue weighted by Gasteiger charge is -2.19. The van der Waals surface area contributed by atoms with Crippen LogP contribution in [0.1, 0.15) is 31.2 Å². The van der Waals surface area contributed by atoms with Gasteiger partial charge in [0.2, 0.25) is 10.0 Å². The van der Waals surface area contributed by atoms with Crippen LogP contribution >= 0.6 is 0 Å². The lowest BCUT2D eigenvalue weighted by Crippen LogP contribution is -2.31. The van der Waals surface area contributed by atoms with Crippen molar-refractivity contribution in [1.82, 2.24) is 19.3 Å². The summed E-state index contributed by atoms with van der Waals surface area (Å²) >= 11 is 0. The number of nitrogens with zero attached hydrogens (tertiary/aromatic N) is 4. The number of ether oxygens (including phenoxy) is 1. The van der Waals surface area contributed by atoms with Crippen molar-refractivity contribution in [3.05, 3.63) is 70.5 Å². The van der Waals surface area contributed by atoms with Crippen LogP contribution in [0.15, 0.2) is 64.3 Å². The number of fused-ring (bicyclic) bond motifs is 1. The van der Waals surface area contributed by atoms with Gasteiger partial charge in [-0.15, -0.1) is 5.10 Å². The van der Waals surface area contributed by atoms with Gasteiger partial charge in [0.15, 0.2) is 6.73 Å². The predicted molar refractivity (Wildman–Crippen MR) is 123 cm³/mol. The van der Waals surface area contributed by atoms with Gasteiger partial charge in [-0.3, -0.25) is 4.79 Å². The normalized spacial score (nSPS) is 15.5. The molecule has 1 aliphatic heterocycles. The Morgan fingerprint density at radius 3 is 2.42 bits per heavy atom. The Morgan fingerprint density at radius 1 is 1.00 bits per heavy atom. The van der Waals surface area contributed by atoms with Gasteiger partial charge in [-0.2, -0.15) is 8.99 Å². The second-order valence-electron chi connectivity index (χ2n) is 7.72. The standard InChI is InChI=1S/C23H24N4O5S/c28-22(32-17-27-23(29)20-7-3-4-8-21(20)24-25-27)14-11-18-9-12-19(13-10-18)33(30,31)26-15-5-1-2-6-16-26/h3-4,7-14H,1-2,5-6,15-17H2/b14-11+. The van der Waals surface area contributed by atoms with Crippen LogP contribution < -0.4 is 5.56 Å². The maximum absolute atomic E-state index is 12.8. The first-order chi connectivity index (χ1) is 15.9. The minimum atomic E-state index is -3.52. The third-order valence-electron chi connectivity index (χ3n) is 5.45. The molecule has 33 heavy (non-hydrogen) atoms. The first kappa shape index (κ1) is 22.8. The number of hydrogen-bond acceptors (Lipinski definition) is 7. The van der Waals surface area contributed by atoms with Crippen LogP contribution in [0.3, 0.4) is 0 Å². The highest BCUT2D eigenvalue weighted by molar-refractivity contribution is 7.89. The summed E-state index contributed by atoms with van der Waals surface area (Å²) in [6, 6.07) is 13.1. The molecule has 10 heteroatoms. The molecule has 1 saturated heterocycles. The zero-order chi connectivity index (χ0) is 23.3. The van der Waals surface area contributed by atoms with E-state index in [-0.39, 0.29) is 11.6 Å². The zero-order valence-electron chi connectivity index (χ0n) is 18.0. The fourth-order valence-electron chi connectivity index (χ4n) is 3.63. The first-order valence-corrected chi connectivity index (χ1v) is 12.2. The maximum atomic E-state index is 12.8. The fourth-order valence-corrected chi connectivity index (χ4v) is 5.14. The Bertz CT molecular complexity index is 1320. The highest BCUT2D eigenvalue weighted by Crippen LogP contribution is 2.21. The number of benzene rings is 2. The van der Waals surface area contributed by atoms with Crippen LogP contribution in [0.5, 0.6) is 0 Å². The minimum absolute atomic E-state index is 0.235. The number of sulfonamides is 1. The molecule has 1 fully saturated rings. The van der Waals surface area contributed by atoms with Gasteiger partial charge in [0.25, 0.3) is 5.56 Å². The van der Waals surface area contributed by atoms with Crippen molar-refractivity contribution < 1.29 is 17.9 Å². The summed E-state index contributed by atoms with van der Waals surface area (Å²) in [5.41, 5.74) is 0.703. The molecule has 4 rings (SSSR count). The van der Waals surface area contributed by atoms with Gasteiger partial charge in [-0.05, 0) is 48.7 Å². The molecule has 0 saturated carbocycles. The molecule has 0 atom stereocenters. The van der Waals surface area contributed by atoms with E-state index in [4.69, 9.17) is 4.74 Å². The smallest absolute Gasteiger partial charge is 0.332 e. The van der Waals surface area contributed by atoms with Gasteiger partial charge in [0.05, 0.1) is 10.3 Å². The molecule has 0 radical (unpaired) electrons. The van der Waals surface area contributed by atoms with Crippen molar-refractivity contribution in [2.45, 2.75) is 37.3 Å². The molecule has 0 bridgehead atoms. The van der Waals surface area contributed by atoms with E-state index in [1.54, 1.807) is 40.7 Å². The third kappa shape index (κ3) is 5.35. The Labute approximate surface area is 191 Å². The van der Waals surface area contributed by atoms with E-state index in [0.717, 1.165) is 30.4 Å². The van der Waals surface area contributed by atoms with Crippen molar-refractivity contribution in [2.24, 2.45) is 0 Å². The van der Waals surface area contributed by atoms with E-state index in [1.165, 1.54) is 24.3 Å². The van der Waals surface area contributed by atoms with Crippen molar-refractivity contribution in [1.29, 1.82) is 0 Å². The quantitative estimate of drug-likeness (QED) is 0.404. The summed E-state index contributed by atoms with van der Waals surface area (Å²) in [5.74, 6) is -0.668. The van der Waals surface area contributed by atoms with Crippen LogP contribution in [0.2, 0.25) is 0 Å². The molecular formula is C23H24N4O5S. The average molecular weight is 469 g/mol. The van der Waals surface area contributed by atoms with Crippen molar-refractivity contribution >= 4 is 33.0 Å². The maximum Gasteiger partial charge on any atom is 0.332 e. The number of carbonyl (C=O) groups is 1. The number of aromatic nitrogens is 3. The number of rotatable bonds is 6. The largest absolute Gasteiger partial charge is 0.439 e. The molecule has 0 aliphatic carbocycles. The number of carbonyl (C=O) groups excluding carboxylic acids is 1. The second kappa shape index (κ2) is 10.1. The highest BCUT2D eigenvalue weighted by Gasteiger charge is 2.24. The lowest BCUT2D eigenvalue weighted by atomic mass is 10.2. The molecule has 0 amide bonds. The summed E-state index contributed by atoms with van der Waals surface area (Å²) < 4.78 is 33.3. The van der Waals surface area contributed by atoms with Gasteiger partial charge >= 0.3 is 5.97 Å². The molecule has 1 aliphatic rings. The summed E-state index contributed by atoms with van der Waals surface area (Å²) in [6.07, 6.45) is 6.57. The molecule has 0 unspecified atom stereocenters. The van der Waals surface area contributed by atoms with Crippen LogP contribution in [0.4, 0.5) is 0 Å². The second-order valence-corrected chi connectivity index (χ2v) is 9.66. The number of hydrogen-bond donors (Lipinski definition) is 0. The van der Waals surface area contributed by atoms with E-state index in [1.807, 2.05) is 0 Å². The third-order valence-corrected chi connectivity index (χ3v) is 7.37. The molecule has 1 aromatic heterocycles. The van der Waals surface area contributed by atoms with E-state index < -0.39 is 21.6 Å². The average Bonchev–Trinajstić information content (AvgIpc) is 3.13. The SMILES string of the molecule is O=C(/C=C/c1ccc(S(=O)(=O)N2CCCCCC2)cc1)OCn1nnc2ccccc2c1=O. The monoisotopic (exact) mass is 468 g/mol. The van der Waals surface area contributed by atoms with E-state index >= 15 is 0 Å². The van der Waals surface area contributed by atoms with Gasteiger partial charge in [-0.1, -0.05) is 42.3 Å². The highest BCUT2D eigenvalue weighted by atomic mass is 32.2. The summed E-state index contributed by atoms with van der Waals surface area (Å²) in [6.45, 7) is 0.716. The lowest BCUT2D eigenvalue weighted by molar-refractivity contribution is -0.141. The molecule has 0 N–H and O–H groups in total. The fraction of sp³-hybridized carbons (Fsp3) is 0.304. The topological polar surface area (TPSA) is 111 Å². The van der Waals surface area contributed by atoms with Crippen LogP contribution in [0.25, 0.3) is 17.0 Å². The van der Waals surface area contributed by atoms with E-state index in [0.29, 0.717) is 29.6 Å². The molecular weight excluding hydrogens is 444 g/mol. The Balaban J connectivity index is 1.37. The Hall–Kier alpha value is -3.37. The van der Waals surface area contributed by atoms with E-state index in [9.17, 15) is 18.0 Å². The molecule has 2 heterocycles. The van der Waals surface area contributed by atoms with Gasteiger partial charge in [0.1, 0.15) is 5.52 Å². The Kier molecular flexibility index (Phi) is 6.95. The van der Waals surface area contributed by atoms with E-state index in [2.05, 4.69) is 10.3 Å². The van der Waals surface area contributed by atoms with Crippen LogP contribution in [-0.4, -0.2) is 46.8 Å². The van der Waals surface area contributed by atoms with Crippen LogP contribution in [0, 0.1) is 0 Å². The van der Waals surface area contributed by atoms with Gasteiger partial charge in [0, 0.05) is 19.2 Å². The summed E-state index contributed by atoms with van der Waals surface area (Å²) in [5, 5.41) is 8.08. The molecule has 172 valence electrons. The first-order valence-electron chi connectivity index (χ1n) is 10.7. The van der Waals surface area contributed by atoms with Crippen molar-refractivity contribution in [2.75, 3.05) is 13.1 Å². The summed E-state index contributed by atoms with van der Waals surface area (Å²) in [4.78, 5) is 24.7. The minimum Gasteiger partial charge on any atom is -0.439 e. The molecule has 0 spiro atoms. The zero-order valence-corrected chi connectivity index (χ0v) is 18.8. The van der Waals surface area contributed by atoms with Gasteiger partial charge in [-0.25, -0.2) is 13.2 Å². The predicted octanol–water partition coefficient (Wildman–Crippen LogP) is 2.57. The molecule has 9 nitrogen and oxygen atoms in total. The van der Waals surface area contributed by atoms with Crippen molar-refractivity contribution in [3.8, 4) is 0 Å². The van der Waals surface area contributed by atoms with Crippen LogP contribution in [-0.2, 0) is 26.3 Å². The Morgan fingerprint density at radius 2 is 1.70 bits per heavy atom. The molecule has 3 aromatic rings. The molecule has 2 aromatic carbocycles. The summed E-state index contributed by atoms with van der Waals surface area (Å²) in [7, 11) is -3.52. The van der Waals surface area contributed by atoms with Gasteiger partial charge < -0.3 is 4.74 Å². The number of esters is 1.